The molecule has 4 N–H and O–H groups in total. The highest BCUT2D eigenvalue weighted by atomic mass is 19.1. The molecule has 2 aromatic rings. The number of nitrogens with one attached hydrogen (secondary N) is 1. The van der Waals surface area contributed by atoms with Crippen molar-refractivity contribution in [1.82, 2.24) is 15.1 Å². The first-order valence-electron chi connectivity index (χ1n) is 12.9. The molecule has 2 fully saturated rings. The second-order valence-electron chi connectivity index (χ2n) is 9.18. The van der Waals surface area contributed by atoms with Gasteiger partial charge in [-0.1, -0.05) is 19.9 Å². The number of ether oxygens (including phenoxy) is 2. The van der Waals surface area contributed by atoms with Crippen LogP contribution in [-0.2, 0) is 34.0 Å². The molecule has 12 heteroatoms. The summed E-state index contributed by atoms with van der Waals surface area (Å²) in [6, 6.07) is 3.89. The van der Waals surface area contributed by atoms with E-state index in [0.29, 0.717) is 37.4 Å². The van der Waals surface area contributed by atoms with Gasteiger partial charge in [0.2, 0.25) is 11.8 Å². The molecule has 3 aliphatic heterocycles. The first-order chi connectivity index (χ1) is 18.8. The Labute approximate surface area is 224 Å². The maximum Gasteiger partial charge on any atom is 0.255 e. The number of piperidine rings is 1. The highest BCUT2D eigenvalue weighted by Crippen LogP contribution is 2.43. The summed E-state index contributed by atoms with van der Waals surface area (Å²) in [4.78, 5) is 40.0. The highest BCUT2D eigenvalue weighted by molar-refractivity contribution is 6.05. The number of hydrogen-bond acceptors (Lipinski definition) is 9. The van der Waals surface area contributed by atoms with E-state index in [-0.39, 0.29) is 37.2 Å². The van der Waals surface area contributed by atoms with E-state index in [1.807, 2.05) is 18.7 Å². The van der Waals surface area contributed by atoms with Gasteiger partial charge < -0.3 is 29.7 Å². The SMILES string of the molecule is CC.O=C1CCC(N2Cc3c(OCc4c(O)c(O)c(CN5CCOCC5)c(O)c4F)cccc3C2=O)C(=O)N1. The Kier molecular flexibility index (Phi) is 8.56. The number of carbonyl (C=O) groups excluding carboxylic acids is 3. The molecule has 1 atom stereocenters. The van der Waals surface area contributed by atoms with Crippen molar-refractivity contribution in [2.75, 3.05) is 26.3 Å². The van der Waals surface area contributed by atoms with Gasteiger partial charge in [0.05, 0.1) is 30.9 Å². The van der Waals surface area contributed by atoms with E-state index in [1.165, 1.54) is 4.90 Å². The van der Waals surface area contributed by atoms with Crippen molar-refractivity contribution in [1.29, 1.82) is 0 Å². The maximum atomic E-state index is 15.1. The molecule has 2 aromatic carbocycles. The van der Waals surface area contributed by atoms with Crippen molar-refractivity contribution in [2.45, 2.75) is 52.4 Å². The number of phenolic OH excluding ortho intramolecular Hbond substituents is 3. The van der Waals surface area contributed by atoms with Gasteiger partial charge in [0.1, 0.15) is 18.4 Å². The van der Waals surface area contributed by atoms with Gasteiger partial charge >= 0.3 is 0 Å². The number of hydrogen-bond donors (Lipinski definition) is 4. The summed E-state index contributed by atoms with van der Waals surface area (Å²) in [7, 11) is 0. The van der Waals surface area contributed by atoms with Crippen molar-refractivity contribution >= 4 is 17.7 Å². The fourth-order valence-electron chi connectivity index (χ4n) is 4.88. The monoisotopic (exact) mass is 545 g/mol. The Bertz CT molecular complexity index is 1250. The van der Waals surface area contributed by atoms with Crippen LogP contribution in [0.4, 0.5) is 4.39 Å². The zero-order valence-electron chi connectivity index (χ0n) is 21.8. The zero-order valence-corrected chi connectivity index (χ0v) is 21.8. The summed E-state index contributed by atoms with van der Waals surface area (Å²) in [6.45, 7) is 5.51. The number of carbonyl (C=O) groups is 3. The van der Waals surface area contributed by atoms with Gasteiger partial charge in [0.25, 0.3) is 5.91 Å². The smallest absolute Gasteiger partial charge is 0.255 e. The van der Waals surface area contributed by atoms with E-state index in [0.717, 1.165) is 0 Å². The predicted molar refractivity (Wildman–Crippen MR) is 136 cm³/mol. The molecule has 0 saturated carbocycles. The molecular formula is C27H32FN3O8. The number of morpholine rings is 1. The highest BCUT2D eigenvalue weighted by Gasteiger charge is 2.40. The van der Waals surface area contributed by atoms with Crippen LogP contribution < -0.4 is 10.1 Å². The molecular weight excluding hydrogens is 513 g/mol. The van der Waals surface area contributed by atoms with Crippen LogP contribution in [0.3, 0.4) is 0 Å². The Morgan fingerprint density at radius 1 is 1.05 bits per heavy atom. The van der Waals surface area contributed by atoms with E-state index >= 15 is 4.39 Å². The van der Waals surface area contributed by atoms with E-state index in [1.54, 1.807) is 18.2 Å². The average molecular weight is 546 g/mol. The molecule has 0 aromatic heterocycles. The summed E-state index contributed by atoms with van der Waals surface area (Å²) >= 11 is 0. The lowest BCUT2D eigenvalue weighted by Crippen LogP contribution is -2.52. The van der Waals surface area contributed by atoms with Crippen molar-refractivity contribution in [3.8, 4) is 23.0 Å². The molecule has 0 aliphatic carbocycles. The summed E-state index contributed by atoms with van der Waals surface area (Å²) in [5.41, 5.74) is 0.198. The second-order valence-corrected chi connectivity index (χ2v) is 9.18. The van der Waals surface area contributed by atoms with E-state index < -0.39 is 59.0 Å². The largest absolute Gasteiger partial charge is 0.504 e. The van der Waals surface area contributed by atoms with Gasteiger partial charge in [-0.3, -0.25) is 24.6 Å². The standard InChI is InChI=1S/C25H26FN3O8.C2H6/c26-20-16(23(33)22(32)15(21(20)31)10-28-6-8-36-9-7-28)12-37-18-3-1-2-13-14(18)11-29(25(13)35)17-4-5-19(30)27-24(17)34;1-2/h1-3,17,31-33H,4-12H2,(H,27,30,34);1-2H3. The van der Waals surface area contributed by atoms with E-state index in [2.05, 4.69) is 5.32 Å². The normalized spacial score (nSPS) is 19.3. The van der Waals surface area contributed by atoms with Gasteiger partial charge in [0.15, 0.2) is 23.1 Å². The summed E-state index contributed by atoms with van der Waals surface area (Å²) in [5, 5.41) is 33.7. The molecule has 2 saturated heterocycles. The molecule has 0 bridgehead atoms. The number of fused-ring (bicyclic) bond motifs is 1. The van der Waals surface area contributed by atoms with Crippen molar-refractivity contribution in [3.05, 3.63) is 46.3 Å². The molecule has 1 unspecified atom stereocenters. The van der Waals surface area contributed by atoms with Crippen molar-refractivity contribution in [2.24, 2.45) is 0 Å². The number of imide groups is 1. The Morgan fingerprint density at radius 3 is 2.44 bits per heavy atom. The number of nitrogens with zero attached hydrogens (tertiary/aromatic N) is 2. The molecule has 0 radical (unpaired) electrons. The lowest BCUT2D eigenvalue weighted by molar-refractivity contribution is -0.136. The number of benzene rings is 2. The topological polar surface area (TPSA) is 149 Å². The fourth-order valence-corrected chi connectivity index (χ4v) is 4.88. The van der Waals surface area contributed by atoms with Crippen molar-refractivity contribution in [3.63, 3.8) is 0 Å². The molecule has 5 rings (SSSR count). The third kappa shape index (κ3) is 5.48. The number of phenols is 3. The molecule has 3 aliphatic rings. The molecule has 3 amide bonds. The summed E-state index contributed by atoms with van der Waals surface area (Å²) in [5.74, 6) is -4.39. The average Bonchev–Trinajstić information content (AvgIpc) is 3.28. The van der Waals surface area contributed by atoms with Crippen molar-refractivity contribution < 1.29 is 43.6 Å². The molecule has 210 valence electrons. The lowest BCUT2D eigenvalue weighted by Gasteiger charge is -2.29. The molecule has 11 nitrogen and oxygen atoms in total. The third-order valence-electron chi connectivity index (χ3n) is 6.95. The summed E-state index contributed by atoms with van der Waals surface area (Å²) < 4.78 is 26.1. The number of aromatic hydroxyl groups is 3. The number of halogens is 1. The molecule has 39 heavy (non-hydrogen) atoms. The van der Waals surface area contributed by atoms with Crippen LogP contribution >= 0.6 is 0 Å². The van der Waals surface area contributed by atoms with Crippen LogP contribution in [0.15, 0.2) is 18.2 Å². The minimum atomic E-state index is -1.12. The first-order valence-corrected chi connectivity index (χ1v) is 12.9. The summed E-state index contributed by atoms with van der Waals surface area (Å²) in [6.07, 6.45) is 0.321. The minimum absolute atomic E-state index is 0.0249. The van der Waals surface area contributed by atoms with Crippen LogP contribution in [0, 0.1) is 5.82 Å². The van der Waals surface area contributed by atoms with E-state index in [4.69, 9.17) is 9.47 Å². The Hall–Kier alpha value is -3.90. The second kappa shape index (κ2) is 11.9. The quantitative estimate of drug-likeness (QED) is 0.243. The van der Waals surface area contributed by atoms with Gasteiger partial charge in [-0.05, 0) is 18.6 Å². The Balaban J connectivity index is 0.00000172. The van der Waals surface area contributed by atoms with E-state index in [9.17, 15) is 29.7 Å². The van der Waals surface area contributed by atoms with Crippen LogP contribution in [0.2, 0.25) is 0 Å². The van der Waals surface area contributed by atoms with Crippen LogP contribution in [0.5, 0.6) is 23.0 Å². The van der Waals surface area contributed by atoms with Gasteiger partial charge in [-0.2, -0.15) is 0 Å². The molecule has 3 heterocycles. The minimum Gasteiger partial charge on any atom is -0.504 e. The van der Waals surface area contributed by atoms with Gasteiger partial charge in [-0.25, -0.2) is 4.39 Å². The van der Waals surface area contributed by atoms with Crippen LogP contribution in [0.25, 0.3) is 0 Å². The van der Waals surface area contributed by atoms with Crippen LogP contribution in [0.1, 0.15) is 53.7 Å². The van der Waals surface area contributed by atoms with Gasteiger partial charge in [-0.15, -0.1) is 0 Å². The lowest BCUT2D eigenvalue weighted by atomic mass is 10.0. The number of amides is 3. The molecule has 0 spiro atoms. The number of rotatable bonds is 6. The first kappa shape index (κ1) is 28.1. The zero-order chi connectivity index (χ0) is 28.3. The maximum absolute atomic E-state index is 15.1. The van der Waals surface area contributed by atoms with Gasteiger partial charge in [0, 0.05) is 37.2 Å². The van der Waals surface area contributed by atoms with Crippen LogP contribution in [-0.4, -0.2) is 75.2 Å². The Morgan fingerprint density at radius 2 is 1.74 bits per heavy atom. The fraction of sp³-hybridized carbons (Fsp3) is 0.444. The third-order valence-corrected chi connectivity index (χ3v) is 6.95. The predicted octanol–water partition coefficient (Wildman–Crippen LogP) is 2.14.